The summed E-state index contributed by atoms with van der Waals surface area (Å²) in [5, 5.41) is 8.70. The van der Waals surface area contributed by atoms with Gasteiger partial charge in [0.1, 0.15) is 0 Å². The van der Waals surface area contributed by atoms with Gasteiger partial charge in [0.05, 0.1) is 0 Å². The average Bonchev–Trinajstić information content (AvgIpc) is 3.04. The molecule has 0 saturated heterocycles. The van der Waals surface area contributed by atoms with Crippen molar-refractivity contribution in [1.29, 1.82) is 0 Å². The van der Waals surface area contributed by atoms with Gasteiger partial charge in [0, 0.05) is 29.6 Å². The number of hydrogen-bond donors (Lipinski definition) is 2. The van der Waals surface area contributed by atoms with Crippen LogP contribution >= 0.6 is 0 Å². The van der Waals surface area contributed by atoms with Gasteiger partial charge in [-0.05, 0) is 32.9 Å². The number of carbonyl (C=O) groups is 2. The number of aromatic nitrogens is 2. The van der Waals surface area contributed by atoms with Crippen LogP contribution in [0.15, 0.2) is 28.8 Å². The highest BCUT2D eigenvalue weighted by Crippen LogP contribution is 2.29. The molecule has 2 amide bonds. The summed E-state index contributed by atoms with van der Waals surface area (Å²) in [6.07, 6.45) is -4.59. The van der Waals surface area contributed by atoms with Crippen LogP contribution < -0.4 is 10.6 Å². The Balaban J connectivity index is 1.99. The van der Waals surface area contributed by atoms with Crippen LogP contribution in [0.1, 0.15) is 43.4 Å². The van der Waals surface area contributed by atoms with Crippen molar-refractivity contribution in [2.45, 2.75) is 45.5 Å². The fourth-order valence-corrected chi connectivity index (χ4v) is 2.24. The first-order valence-electron chi connectivity index (χ1n) is 8.18. The van der Waals surface area contributed by atoms with Gasteiger partial charge in [0.15, 0.2) is 0 Å². The molecule has 1 aromatic heterocycles. The first-order chi connectivity index (χ1) is 12.6. The fourth-order valence-electron chi connectivity index (χ4n) is 2.24. The van der Waals surface area contributed by atoms with Crippen molar-refractivity contribution in [3.63, 3.8) is 0 Å². The summed E-state index contributed by atoms with van der Waals surface area (Å²) < 4.78 is 41.6. The van der Waals surface area contributed by atoms with E-state index in [0.717, 1.165) is 0 Å². The van der Waals surface area contributed by atoms with Gasteiger partial charge in [-0.1, -0.05) is 17.3 Å². The molecule has 0 aliphatic heterocycles. The number of carbonyl (C=O) groups excluding carboxylic acids is 2. The molecule has 0 fully saturated rings. The second-order valence-corrected chi connectivity index (χ2v) is 6.30. The van der Waals surface area contributed by atoms with Gasteiger partial charge in [-0.3, -0.25) is 9.59 Å². The molecule has 1 heterocycles. The summed E-state index contributed by atoms with van der Waals surface area (Å²) in [5.41, 5.74) is 0.560. The molecule has 10 heteroatoms. The van der Waals surface area contributed by atoms with E-state index in [-0.39, 0.29) is 41.4 Å². The Morgan fingerprint density at radius 1 is 1.11 bits per heavy atom. The molecule has 2 N–H and O–H groups in total. The van der Waals surface area contributed by atoms with E-state index >= 15 is 0 Å². The van der Waals surface area contributed by atoms with Crippen LogP contribution in [0.5, 0.6) is 0 Å². The number of nitrogens with one attached hydrogen (secondary N) is 2. The summed E-state index contributed by atoms with van der Waals surface area (Å²) >= 11 is 0. The molecule has 0 bridgehead atoms. The Bertz CT molecular complexity index is 801. The van der Waals surface area contributed by atoms with E-state index in [1.54, 1.807) is 6.92 Å². The normalized spacial score (nSPS) is 12.7. The molecular formula is C17H19F3N4O3. The van der Waals surface area contributed by atoms with Crippen molar-refractivity contribution in [2.24, 2.45) is 0 Å². The summed E-state index contributed by atoms with van der Waals surface area (Å²) in [7, 11) is 0. The van der Waals surface area contributed by atoms with Crippen LogP contribution in [0.25, 0.3) is 11.4 Å². The summed E-state index contributed by atoms with van der Waals surface area (Å²) in [6.45, 7) is 5.37. The lowest BCUT2D eigenvalue weighted by Gasteiger charge is -2.15. The molecular weight excluding hydrogens is 365 g/mol. The molecule has 2 rings (SSSR count). The number of halogens is 3. The van der Waals surface area contributed by atoms with Crippen LogP contribution in [-0.4, -0.2) is 34.0 Å². The number of alkyl halides is 3. The van der Waals surface area contributed by atoms with Gasteiger partial charge in [-0.2, -0.15) is 18.2 Å². The third-order valence-corrected chi connectivity index (χ3v) is 3.39. The zero-order chi connectivity index (χ0) is 20.2. The van der Waals surface area contributed by atoms with Crippen molar-refractivity contribution in [2.75, 3.05) is 0 Å². The highest BCUT2D eigenvalue weighted by molar-refractivity contribution is 5.95. The van der Waals surface area contributed by atoms with Crippen molar-refractivity contribution >= 4 is 11.8 Å². The molecule has 7 nitrogen and oxygen atoms in total. The number of benzene rings is 1. The minimum absolute atomic E-state index is 0.0101. The van der Waals surface area contributed by atoms with E-state index in [9.17, 15) is 22.8 Å². The fraction of sp³-hybridized carbons (Fsp3) is 0.412. The molecule has 0 saturated carbocycles. The third-order valence-electron chi connectivity index (χ3n) is 3.39. The monoisotopic (exact) mass is 384 g/mol. The van der Waals surface area contributed by atoms with Crippen molar-refractivity contribution in [3.8, 4) is 11.4 Å². The Kier molecular flexibility index (Phi) is 6.19. The zero-order valence-corrected chi connectivity index (χ0v) is 14.9. The maximum Gasteiger partial charge on any atom is 0.471 e. The second kappa shape index (κ2) is 8.19. The minimum atomic E-state index is -4.72. The Morgan fingerprint density at radius 3 is 2.26 bits per heavy atom. The molecule has 2 aromatic rings. The molecule has 1 unspecified atom stereocenters. The van der Waals surface area contributed by atoms with E-state index in [1.165, 1.54) is 24.3 Å². The number of amides is 2. The van der Waals surface area contributed by atoms with Crippen molar-refractivity contribution in [1.82, 2.24) is 20.8 Å². The molecule has 0 aliphatic rings. The second-order valence-electron chi connectivity index (χ2n) is 6.30. The maximum atomic E-state index is 12.5. The smallest absolute Gasteiger partial charge is 0.354 e. The first kappa shape index (κ1) is 20.4. The quantitative estimate of drug-likeness (QED) is 0.798. The van der Waals surface area contributed by atoms with E-state index in [2.05, 4.69) is 25.3 Å². The summed E-state index contributed by atoms with van der Waals surface area (Å²) in [6, 6.07) is 5.30. The van der Waals surface area contributed by atoms with Crippen LogP contribution in [0.4, 0.5) is 13.2 Å². The number of rotatable bonds is 6. The lowest BCUT2D eigenvalue weighted by molar-refractivity contribution is -0.159. The van der Waals surface area contributed by atoms with Gasteiger partial charge in [-0.25, -0.2) is 0 Å². The van der Waals surface area contributed by atoms with Gasteiger partial charge < -0.3 is 15.2 Å². The summed E-state index contributed by atoms with van der Waals surface area (Å²) in [5.74, 6) is -2.25. The standard InChI is InChI=1S/C17H19F3N4O3/c1-9(2)21-13(25)8-10(3)22-15(26)12-6-4-11(5-7-12)14-23-16(27-24-14)17(18,19)20/h4-7,9-10H,8H2,1-3H3,(H,21,25)(H,22,26). The molecule has 146 valence electrons. The van der Waals surface area contributed by atoms with Crippen molar-refractivity contribution in [3.05, 3.63) is 35.7 Å². The first-order valence-corrected chi connectivity index (χ1v) is 8.18. The number of nitrogens with zero attached hydrogens (tertiary/aromatic N) is 2. The maximum absolute atomic E-state index is 12.5. The predicted molar refractivity (Wildman–Crippen MR) is 89.6 cm³/mol. The van der Waals surface area contributed by atoms with E-state index in [4.69, 9.17) is 0 Å². The summed E-state index contributed by atoms with van der Waals surface area (Å²) in [4.78, 5) is 27.2. The SMILES string of the molecule is CC(C)NC(=O)CC(C)NC(=O)c1ccc(-c2noc(C(F)(F)F)n2)cc1. The van der Waals surface area contributed by atoms with Gasteiger partial charge >= 0.3 is 12.1 Å². The zero-order valence-electron chi connectivity index (χ0n) is 14.9. The average molecular weight is 384 g/mol. The van der Waals surface area contributed by atoms with Gasteiger partial charge in [-0.15, -0.1) is 0 Å². The van der Waals surface area contributed by atoms with Gasteiger partial charge in [0.25, 0.3) is 5.91 Å². The largest absolute Gasteiger partial charge is 0.471 e. The molecule has 0 radical (unpaired) electrons. The van der Waals surface area contributed by atoms with Crippen molar-refractivity contribution < 1.29 is 27.3 Å². The Labute approximate surface area is 153 Å². The van der Waals surface area contributed by atoms with Crippen LogP contribution in [-0.2, 0) is 11.0 Å². The molecule has 0 spiro atoms. The predicted octanol–water partition coefficient (Wildman–Crippen LogP) is 2.79. The van der Waals surface area contributed by atoms with Crippen LogP contribution in [0.3, 0.4) is 0 Å². The highest BCUT2D eigenvalue weighted by Gasteiger charge is 2.38. The lowest BCUT2D eigenvalue weighted by Crippen LogP contribution is -2.39. The Morgan fingerprint density at radius 2 is 1.74 bits per heavy atom. The minimum Gasteiger partial charge on any atom is -0.354 e. The Hall–Kier alpha value is -2.91. The molecule has 1 aromatic carbocycles. The third kappa shape index (κ3) is 5.80. The molecule has 0 aliphatic carbocycles. The highest BCUT2D eigenvalue weighted by atomic mass is 19.4. The number of hydrogen-bond acceptors (Lipinski definition) is 5. The molecule has 1 atom stereocenters. The molecule has 27 heavy (non-hydrogen) atoms. The van der Waals surface area contributed by atoms with E-state index in [1.807, 2.05) is 13.8 Å². The van der Waals surface area contributed by atoms with Crippen LogP contribution in [0, 0.1) is 0 Å². The van der Waals surface area contributed by atoms with Crippen LogP contribution in [0.2, 0.25) is 0 Å². The van der Waals surface area contributed by atoms with E-state index in [0.29, 0.717) is 0 Å². The lowest BCUT2D eigenvalue weighted by atomic mass is 10.1. The van der Waals surface area contributed by atoms with Gasteiger partial charge in [0.2, 0.25) is 11.7 Å². The topological polar surface area (TPSA) is 97.1 Å². The van der Waals surface area contributed by atoms with E-state index < -0.39 is 18.0 Å².